The summed E-state index contributed by atoms with van der Waals surface area (Å²) in [5.41, 5.74) is 0.511. The summed E-state index contributed by atoms with van der Waals surface area (Å²) < 4.78 is 1.29. The third-order valence-corrected chi connectivity index (χ3v) is 2.38. The van der Waals surface area contributed by atoms with Gasteiger partial charge in [0, 0.05) is 12.6 Å². The standard InChI is InChI=1S/C12H13N3O3/c16-7-6-13-12(18)10-8-11(17)15(14-10)9-4-2-1-3-5-9/h1-5,8,14,16H,6-7H2,(H,13,18). The minimum atomic E-state index is -0.421. The van der Waals surface area contributed by atoms with Crippen molar-refractivity contribution in [2.45, 2.75) is 0 Å². The number of rotatable bonds is 4. The number of hydrogen-bond acceptors (Lipinski definition) is 3. The van der Waals surface area contributed by atoms with Crippen molar-refractivity contribution >= 4 is 5.91 Å². The Morgan fingerprint density at radius 2 is 2.06 bits per heavy atom. The van der Waals surface area contributed by atoms with Gasteiger partial charge in [-0.3, -0.25) is 14.7 Å². The van der Waals surface area contributed by atoms with Gasteiger partial charge < -0.3 is 10.4 Å². The number of carbonyl (C=O) groups excluding carboxylic acids is 1. The van der Waals surface area contributed by atoms with Gasteiger partial charge in [-0.1, -0.05) is 18.2 Å². The third kappa shape index (κ3) is 2.49. The van der Waals surface area contributed by atoms with Crippen LogP contribution in [-0.4, -0.2) is 33.9 Å². The zero-order valence-electron chi connectivity index (χ0n) is 9.59. The van der Waals surface area contributed by atoms with Crippen molar-refractivity contribution in [3.63, 3.8) is 0 Å². The molecule has 1 aromatic heterocycles. The third-order valence-electron chi connectivity index (χ3n) is 2.38. The highest BCUT2D eigenvalue weighted by molar-refractivity contribution is 5.92. The molecule has 0 saturated carbocycles. The molecule has 0 atom stereocenters. The minimum absolute atomic E-state index is 0.143. The summed E-state index contributed by atoms with van der Waals surface area (Å²) in [5, 5.41) is 13.8. The molecule has 0 aliphatic heterocycles. The summed E-state index contributed by atoms with van der Waals surface area (Å²) in [6.45, 7) is 0.00669. The molecule has 0 fully saturated rings. The molecule has 0 spiro atoms. The predicted octanol–water partition coefficient (Wildman–Crippen LogP) is -0.112. The molecule has 3 N–H and O–H groups in total. The summed E-state index contributed by atoms with van der Waals surface area (Å²) in [7, 11) is 0. The maximum atomic E-state index is 11.7. The van der Waals surface area contributed by atoms with E-state index in [1.54, 1.807) is 24.3 Å². The molecule has 1 amide bonds. The summed E-state index contributed by atoms with van der Waals surface area (Å²) in [6, 6.07) is 10.2. The molecule has 0 saturated heterocycles. The highest BCUT2D eigenvalue weighted by Gasteiger charge is 2.11. The Bertz CT molecular complexity index is 586. The topological polar surface area (TPSA) is 87.1 Å². The van der Waals surface area contributed by atoms with E-state index in [-0.39, 0.29) is 24.4 Å². The Balaban J connectivity index is 2.28. The quantitative estimate of drug-likeness (QED) is 0.704. The van der Waals surface area contributed by atoms with E-state index in [1.807, 2.05) is 6.07 Å². The van der Waals surface area contributed by atoms with E-state index in [0.717, 1.165) is 0 Å². The van der Waals surface area contributed by atoms with Gasteiger partial charge in [-0.2, -0.15) is 0 Å². The Hall–Kier alpha value is -2.34. The van der Waals surface area contributed by atoms with Gasteiger partial charge in [0.2, 0.25) is 0 Å². The highest BCUT2D eigenvalue weighted by atomic mass is 16.3. The molecule has 94 valence electrons. The molecular formula is C12H13N3O3. The Morgan fingerprint density at radius 3 is 2.72 bits per heavy atom. The molecule has 0 unspecified atom stereocenters. The fraction of sp³-hybridized carbons (Fsp3) is 0.167. The molecule has 0 radical (unpaired) electrons. The van der Waals surface area contributed by atoms with E-state index in [2.05, 4.69) is 10.4 Å². The van der Waals surface area contributed by atoms with E-state index in [4.69, 9.17) is 5.11 Å². The minimum Gasteiger partial charge on any atom is -0.395 e. The van der Waals surface area contributed by atoms with Crippen molar-refractivity contribution in [1.82, 2.24) is 15.1 Å². The number of amides is 1. The largest absolute Gasteiger partial charge is 0.395 e. The van der Waals surface area contributed by atoms with Crippen LogP contribution in [0.1, 0.15) is 10.5 Å². The molecule has 2 aromatic rings. The number of aromatic amines is 1. The van der Waals surface area contributed by atoms with Crippen LogP contribution in [0.2, 0.25) is 0 Å². The first-order valence-corrected chi connectivity index (χ1v) is 5.49. The number of nitrogens with zero attached hydrogens (tertiary/aromatic N) is 1. The van der Waals surface area contributed by atoms with E-state index in [1.165, 1.54) is 10.7 Å². The van der Waals surface area contributed by atoms with Crippen LogP contribution in [0.25, 0.3) is 5.69 Å². The highest BCUT2D eigenvalue weighted by Crippen LogP contribution is 2.03. The molecule has 6 heteroatoms. The first kappa shape index (κ1) is 12.1. The van der Waals surface area contributed by atoms with Gasteiger partial charge in [0.25, 0.3) is 11.5 Å². The molecule has 0 bridgehead atoms. The van der Waals surface area contributed by atoms with Crippen LogP contribution in [-0.2, 0) is 0 Å². The number of para-hydroxylation sites is 1. The lowest BCUT2D eigenvalue weighted by atomic mass is 10.3. The van der Waals surface area contributed by atoms with Crippen molar-refractivity contribution < 1.29 is 9.90 Å². The molecular weight excluding hydrogens is 234 g/mol. The molecule has 0 aliphatic rings. The number of benzene rings is 1. The fourth-order valence-electron chi connectivity index (χ4n) is 1.55. The predicted molar refractivity (Wildman–Crippen MR) is 65.8 cm³/mol. The Labute approximate surface area is 103 Å². The molecule has 1 aromatic carbocycles. The normalized spacial score (nSPS) is 10.3. The first-order chi connectivity index (χ1) is 8.72. The second-order valence-electron chi connectivity index (χ2n) is 3.66. The van der Waals surface area contributed by atoms with Gasteiger partial charge in [-0.05, 0) is 12.1 Å². The van der Waals surface area contributed by atoms with Crippen LogP contribution in [0.3, 0.4) is 0 Å². The molecule has 2 rings (SSSR count). The van der Waals surface area contributed by atoms with Crippen molar-refractivity contribution in [3.05, 3.63) is 52.4 Å². The van der Waals surface area contributed by atoms with E-state index in [9.17, 15) is 9.59 Å². The average Bonchev–Trinajstić information content (AvgIpc) is 2.79. The van der Waals surface area contributed by atoms with Gasteiger partial charge in [-0.15, -0.1) is 0 Å². The number of aromatic nitrogens is 2. The molecule has 0 aliphatic carbocycles. The SMILES string of the molecule is O=C(NCCO)c1cc(=O)n(-c2ccccc2)[nH]1. The van der Waals surface area contributed by atoms with Crippen LogP contribution >= 0.6 is 0 Å². The van der Waals surface area contributed by atoms with Gasteiger partial charge in [0.05, 0.1) is 12.3 Å². The average molecular weight is 247 g/mol. The molecule has 1 heterocycles. The summed E-state index contributed by atoms with van der Waals surface area (Å²) in [4.78, 5) is 23.3. The second kappa shape index (κ2) is 5.33. The number of aliphatic hydroxyl groups is 1. The summed E-state index contributed by atoms with van der Waals surface area (Å²) >= 11 is 0. The number of carbonyl (C=O) groups is 1. The van der Waals surface area contributed by atoms with Crippen LogP contribution in [0.4, 0.5) is 0 Å². The lowest BCUT2D eigenvalue weighted by Crippen LogP contribution is -2.26. The maximum Gasteiger partial charge on any atom is 0.271 e. The van der Waals surface area contributed by atoms with E-state index >= 15 is 0 Å². The van der Waals surface area contributed by atoms with Crippen LogP contribution in [0, 0.1) is 0 Å². The van der Waals surface area contributed by atoms with Crippen LogP contribution in [0.5, 0.6) is 0 Å². The maximum absolute atomic E-state index is 11.7. The Morgan fingerprint density at radius 1 is 1.33 bits per heavy atom. The van der Waals surface area contributed by atoms with Crippen molar-refractivity contribution in [3.8, 4) is 5.69 Å². The van der Waals surface area contributed by atoms with Gasteiger partial charge >= 0.3 is 0 Å². The Kier molecular flexibility index (Phi) is 3.59. The number of hydrogen-bond donors (Lipinski definition) is 3. The second-order valence-corrected chi connectivity index (χ2v) is 3.66. The smallest absolute Gasteiger partial charge is 0.271 e. The number of nitrogens with one attached hydrogen (secondary N) is 2. The van der Waals surface area contributed by atoms with Crippen molar-refractivity contribution in [1.29, 1.82) is 0 Å². The summed E-state index contributed by atoms with van der Waals surface area (Å²) in [6.07, 6.45) is 0. The fourth-order valence-corrected chi connectivity index (χ4v) is 1.55. The zero-order valence-corrected chi connectivity index (χ0v) is 9.59. The van der Waals surface area contributed by atoms with Crippen LogP contribution < -0.4 is 10.9 Å². The van der Waals surface area contributed by atoms with Gasteiger partial charge in [0.1, 0.15) is 5.69 Å². The first-order valence-electron chi connectivity index (χ1n) is 5.49. The molecule has 6 nitrogen and oxygen atoms in total. The van der Waals surface area contributed by atoms with Crippen molar-refractivity contribution in [2.24, 2.45) is 0 Å². The van der Waals surface area contributed by atoms with Gasteiger partial charge in [-0.25, -0.2) is 4.68 Å². The number of aliphatic hydroxyl groups excluding tert-OH is 1. The van der Waals surface area contributed by atoms with Crippen molar-refractivity contribution in [2.75, 3.05) is 13.2 Å². The van der Waals surface area contributed by atoms with E-state index < -0.39 is 5.91 Å². The number of H-pyrrole nitrogens is 1. The van der Waals surface area contributed by atoms with Gasteiger partial charge in [0.15, 0.2) is 0 Å². The zero-order chi connectivity index (χ0) is 13.0. The van der Waals surface area contributed by atoms with E-state index in [0.29, 0.717) is 5.69 Å². The molecule has 18 heavy (non-hydrogen) atoms. The van der Waals surface area contributed by atoms with Crippen LogP contribution in [0.15, 0.2) is 41.2 Å². The lowest BCUT2D eigenvalue weighted by Gasteiger charge is -2.02. The lowest BCUT2D eigenvalue weighted by molar-refractivity contribution is 0.0939. The monoisotopic (exact) mass is 247 g/mol. The summed E-state index contributed by atoms with van der Waals surface area (Å²) in [5.74, 6) is -0.421.